The molecule has 0 aliphatic heterocycles. The summed E-state index contributed by atoms with van der Waals surface area (Å²) in [6.45, 7) is 1.47. The lowest BCUT2D eigenvalue weighted by Gasteiger charge is -2.14. The standard InChI is InChI=1S/C12H24N2O2/c1-16-8-4-7-11(13)12(15)14-9-10-5-2-3-6-10/h10-11H,2-9,13H2,1H3,(H,14,15). The van der Waals surface area contributed by atoms with Crippen molar-refractivity contribution in [1.82, 2.24) is 5.32 Å². The van der Waals surface area contributed by atoms with E-state index in [0.717, 1.165) is 13.0 Å². The van der Waals surface area contributed by atoms with Gasteiger partial charge in [0.2, 0.25) is 5.91 Å². The van der Waals surface area contributed by atoms with E-state index in [9.17, 15) is 4.79 Å². The van der Waals surface area contributed by atoms with Gasteiger partial charge in [-0.15, -0.1) is 0 Å². The molecule has 1 unspecified atom stereocenters. The highest BCUT2D eigenvalue weighted by molar-refractivity contribution is 5.81. The largest absolute Gasteiger partial charge is 0.385 e. The summed E-state index contributed by atoms with van der Waals surface area (Å²) in [6.07, 6.45) is 6.65. The molecule has 16 heavy (non-hydrogen) atoms. The molecule has 0 saturated heterocycles. The van der Waals surface area contributed by atoms with Crippen LogP contribution >= 0.6 is 0 Å². The van der Waals surface area contributed by atoms with Crippen molar-refractivity contribution in [2.24, 2.45) is 11.7 Å². The van der Waals surface area contributed by atoms with Crippen LogP contribution in [0.4, 0.5) is 0 Å². The van der Waals surface area contributed by atoms with E-state index in [1.54, 1.807) is 7.11 Å². The van der Waals surface area contributed by atoms with Crippen LogP contribution in [0.25, 0.3) is 0 Å². The quantitative estimate of drug-likeness (QED) is 0.640. The number of hydrogen-bond acceptors (Lipinski definition) is 3. The first kappa shape index (κ1) is 13.5. The summed E-state index contributed by atoms with van der Waals surface area (Å²) in [4.78, 5) is 11.6. The van der Waals surface area contributed by atoms with Crippen LogP contribution in [0.3, 0.4) is 0 Å². The van der Waals surface area contributed by atoms with Crippen LogP contribution in [0.5, 0.6) is 0 Å². The normalized spacial score (nSPS) is 18.6. The van der Waals surface area contributed by atoms with Gasteiger partial charge in [0.1, 0.15) is 0 Å². The van der Waals surface area contributed by atoms with Gasteiger partial charge in [-0.3, -0.25) is 4.79 Å². The van der Waals surface area contributed by atoms with Crippen LogP contribution in [0.15, 0.2) is 0 Å². The Morgan fingerprint density at radius 3 is 2.81 bits per heavy atom. The summed E-state index contributed by atoms with van der Waals surface area (Å²) in [5.74, 6) is 0.665. The highest BCUT2D eigenvalue weighted by atomic mass is 16.5. The van der Waals surface area contributed by atoms with Gasteiger partial charge in [-0.05, 0) is 31.6 Å². The molecule has 0 aromatic heterocycles. The fraction of sp³-hybridized carbons (Fsp3) is 0.917. The summed E-state index contributed by atoms with van der Waals surface area (Å²) >= 11 is 0. The fourth-order valence-corrected chi connectivity index (χ4v) is 2.17. The Morgan fingerprint density at radius 1 is 1.50 bits per heavy atom. The van der Waals surface area contributed by atoms with E-state index in [4.69, 9.17) is 10.5 Å². The third-order valence-corrected chi connectivity index (χ3v) is 3.24. The Hall–Kier alpha value is -0.610. The van der Waals surface area contributed by atoms with Crippen molar-refractivity contribution in [2.45, 2.75) is 44.6 Å². The smallest absolute Gasteiger partial charge is 0.236 e. The van der Waals surface area contributed by atoms with Crippen molar-refractivity contribution >= 4 is 5.91 Å². The van der Waals surface area contributed by atoms with E-state index < -0.39 is 0 Å². The number of nitrogens with two attached hydrogens (primary N) is 1. The highest BCUT2D eigenvalue weighted by Gasteiger charge is 2.18. The predicted octanol–water partition coefficient (Wildman–Crippen LogP) is 1.05. The number of rotatable bonds is 7. The van der Waals surface area contributed by atoms with Gasteiger partial charge < -0.3 is 15.8 Å². The zero-order valence-electron chi connectivity index (χ0n) is 10.2. The molecule has 0 radical (unpaired) electrons. The number of amides is 1. The average Bonchev–Trinajstić information content (AvgIpc) is 2.79. The SMILES string of the molecule is COCCCC(N)C(=O)NCC1CCCC1. The van der Waals surface area contributed by atoms with E-state index in [0.29, 0.717) is 18.9 Å². The van der Waals surface area contributed by atoms with E-state index >= 15 is 0 Å². The van der Waals surface area contributed by atoms with Gasteiger partial charge in [-0.1, -0.05) is 12.8 Å². The van der Waals surface area contributed by atoms with Crippen LogP contribution < -0.4 is 11.1 Å². The first-order chi connectivity index (χ1) is 7.74. The second kappa shape index (κ2) is 7.63. The molecule has 0 aromatic rings. The van der Waals surface area contributed by atoms with E-state index in [1.807, 2.05) is 0 Å². The Balaban J connectivity index is 2.08. The maximum absolute atomic E-state index is 11.6. The third-order valence-electron chi connectivity index (χ3n) is 3.24. The van der Waals surface area contributed by atoms with Gasteiger partial charge in [0.15, 0.2) is 0 Å². The molecule has 0 spiro atoms. The minimum absolute atomic E-state index is 0.0111. The van der Waals surface area contributed by atoms with Gasteiger partial charge in [0.25, 0.3) is 0 Å². The van der Waals surface area contributed by atoms with E-state index in [2.05, 4.69) is 5.32 Å². The number of ether oxygens (including phenoxy) is 1. The monoisotopic (exact) mass is 228 g/mol. The fourth-order valence-electron chi connectivity index (χ4n) is 2.17. The Labute approximate surface area is 97.9 Å². The Morgan fingerprint density at radius 2 is 2.19 bits per heavy atom. The maximum atomic E-state index is 11.6. The maximum Gasteiger partial charge on any atom is 0.236 e. The molecule has 0 heterocycles. The van der Waals surface area contributed by atoms with Crippen LogP contribution in [0.2, 0.25) is 0 Å². The van der Waals surface area contributed by atoms with E-state index in [1.165, 1.54) is 25.7 Å². The lowest BCUT2D eigenvalue weighted by molar-refractivity contribution is -0.122. The zero-order chi connectivity index (χ0) is 11.8. The topological polar surface area (TPSA) is 64.3 Å². The highest BCUT2D eigenvalue weighted by Crippen LogP contribution is 2.23. The van der Waals surface area contributed by atoms with Crippen molar-refractivity contribution < 1.29 is 9.53 Å². The van der Waals surface area contributed by atoms with Gasteiger partial charge in [-0.2, -0.15) is 0 Å². The number of carbonyl (C=O) groups excluding carboxylic acids is 1. The van der Waals surface area contributed by atoms with Crippen LogP contribution in [-0.2, 0) is 9.53 Å². The molecule has 3 N–H and O–H groups in total. The zero-order valence-corrected chi connectivity index (χ0v) is 10.2. The molecule has 4 nitrogen and oxygen atoms in total. The molecule has 4 heteroatoms. The second-order valence-corrected chi connectivity index (χ2v) is 4.64. The minimum atomic E-state index is -0.378. The molecule has 1 rings (SSSR count). The van der Waals surface area contributed by atoms with Crippen LogP contribution in [0, 0.1) is 5.92 Å². The minimum Gasteiger partial charge on any atom is -0.385 e. The number of methoxy groups -OCH3 is 1. The molecule has 1 aliphatic rings. The van der Waals surface area contributed by atoms with Gasteiger partial charge in [-0.25, -0.2) is 0 Å². The number of hydrogen-bond donors (Lipinski definition) is 2. The third kappa shape index (κ3) is 4.94. The summed E-state index contributed by atoms with van der Waals surface area (Å²) in [5, 5.41) is 2.95. The molecule has 1 aliphatic carbocycles. The molecule has 94 valence electrons. The Kier molecular flexibility index (Phi) is 6.42. The molecular formula is C12H24N2O2. The summed E-state index contributed by atoms with van der Waals surface area (Å²) in [5.41, 5.74) is 5.78. The molecular weight excluding hydrogens is 204 g/mol. The summed E-state index contributed by atoms with van der Waals surface area (Å²) in [6, 6.07) is -0.378. The predicted molar refractivity (Wildman–Crippen MR) is 64.1 cm³/mol. The molecule has 1 atom stereocenters. The Bertz CT molecular complexity index is 203. The van der Waals surface area contributed by atoms with Crippen molar-refractivity contribution in [3.8, 4) is 0 Å². The van der Waals surface area contributed by atoms with Crippen LogP contribution in [-0.4, -0.2) is 32.2 Å². The lowest BCUT2D eigenvalue weighted by Crippen LogP contribution is -2.42. The molecule has 0 aromatic carbocycles. The summed E-state index contributed by atoms with van der Waals surface area (Å²) in [7, 11) is 1.66. The molecule has 1 fully saturated rings. The first-order valence-corrected chi connectivity index (χ1v) is 6.26. The van der Waals surface area contributed by atoms with Gasteiger partial charge in [0.05, 0.1) is 6.04 Å². The van der Waals surface area contributed by atoms with Crippen LogP contribution in [0.1, 0.15) is 38.5 Å². The second-order valence-electron chi connectivity index (χ2n) is 4.64. The van der Waals surface area contributed by atoms with Crippen molar-refractivity contribution in [2.75, 3.05) is 20.3 Å². The van der Waals surface area contributed by atoms with Crippen molar-refractivity contribution in [3.05, 3.63) is 0 Å². The number of carbonyl (C=O) groups is 1. The molecule has 1 amide bonds. The molecule has 1 saturated carbocycles. The first-order valence-electron chi connectivity index (χ1n) is 6.26. The van der Waals surface area contributed by atoms with Crippen molar-refractivity contribution in [3.63, 3.8) is 0 Å². The van der Waals surface area contributed by atoms with Gasteiger partial charge >= 0.3 is 0 Å². The summed E-state index contributed by atoms with van der Waals surface area (Å²) < 4.78 is 4.93. The average molecular weight is 228 g/mol. The van der Waals surface area contributed by atoms with Gasteiger partial charge in [0, 0.05) is 20.3 Å². The number of nitrogens with one attached hydrogen (secondary N) is 1. The van der Waals surface area contributed by atoms with E-state index in [-0.39, 0.29) is 11.9 Å². The molecule has 0 bridgehead atoms. The van der Waals surface area contributed by atoms with Crippen molar-refractivity contribution in [1.29, 1.82) is 0 Å². The lowest BCUT2D eigenvalue weighted by atomic mass is 10.1.